The maximum atomic E-state index is 12.2. The monoisotopic (exact) mass is 379 g/mol. The lowest BCUT2D eigenvalue weighted by Crippen LogP contribution is -2.27. The van der Waals surface area contributed by atoms with Crippen molar-refractivity contribution in [3.63, 3.8) is 0 Å². The third-order valence-corrected chi connectivity index (χ3v) is 3.72. The lowest BCUT2D eigenvalue weighted by molar-refractivity contribution is -0.132. The molecule has 0 aromatic heterocycles. The minimum Gasteiger partial charge on any atom is -0.477 e. The van der Waals surface area contributed by atoms with Gasteiger partial charge in [0.25, 0.3) is 5.91 Å². The number of hydrogen-bond donors (Lipinski definition) is 2. The van der Waals surface area contributed by atoms with Gasteiger partial charge in [0.1, 0.15) is 5.70 Å². The van der Waals surface area contributed by atoms with Crippen LogP contribution in [-0.2, 0) is 4.79 Å². The zero-order valence-electron chi connectivity index (χ0n) is 11.2. The van der Waals surface area contributed by atoms with Crippen molar-refractivity contribution in [2.24, 2.45) is 0 Å². The van der Waals surface area contributed by atoms with Crippen LogP contribution in [0.2, 0.25) is 5.02 Å². The Morgan fingerprint density at radius 3 is 2.32 bits per heavy atom. The van der Waals surface area contributed by atoms with Gasteiger partial charge in [-0.25, -0.2) is 4.79 Å². The number of nitrogens with one attached hydrogen (secondary N) is 1. The molecule has 2 aromatic rings. The van der Waals surface area contributed by atoms with E-state index in [1.165, 1.54) is 6.08 Å². The van der Waals surface area contributed by atoms with Crippen LogP contribution in [0.1, 0.15) is 15.9 Å². The van der Waals surface area contributed by atoms with Gasteiger partial charge in [0.2, 0.25) is 0 Å². The Bertz CT molecular complexity index is 741. The van der Waals surface area contributed by atoms with Crippen LogP contribution in [0.3, 0.4) is 0 Å². The summed E-state index contributed by atoms with van der Waals surface area (Å²) in [6, 6.07) is 13.4. The number of aliphatic carboxylic acids is 1. The minimum atomic E-state index is -1.23. The molecule has 0 bridgehead atoms. The van der Waals surface area contributed by atoms with Crippen molar-refractivity contribution in [3.8, 4) is 0 Å². The Labute approximate surface area is 140 Å². The molecule has 1 amide bonds. The van der Waals surface area contributed by atoms with Crippen LogP contribution in [0, 0.1) is 0 Å². The highest BCUT2D eigenvalue weighted by Crippen LogP contribution is 2.17. The molecule has 0 radical (unpaired) electrons. The van der Waals surface area contributed by atoms with Gasteiger partial charge in [-0.2, -0.15) is 0 Å². The van der Waals surface area contributed by atoms with Gasteiger partial charge in [-0.1, -0.05) is 35.9 Å². The van der Waals surface area contributed by atoms with Crippen LogP contribution in [0.15, 0.2) is 58.7 Å². The molecule has 0 spiro atoms. The number of carboxylic acids is 1. The largest absolute Gasteiger partial charge is 0.477 e. The van der Waals surface area contributed by atoms with E-state index < -0.39 is 11.9 Å². The highest BCUT2D eigenvalue weighted by atomic mass is 79.9. The van der Waals surface area contributed by atoms with Gasteiger partial charge in [-0.15, -0.1) is 0 Å². The van der Waals surface area contributed by atoms with Crippen molar-refractivity contribution in [1.82, 2.24) is 5.32 Å². The summed E-state index contributed by atoms with van der Waals surface area (Å²) < 4.78 is 0.587. The van der Waals surface area contributed by atoms with Crippen LogP contribution in [-0.4, -0.2) is 17.0 Å². The number of benzene rings is 2. The normalized spacial score (nSPS) is 11.1. The van der Waals surface area contributed by atoms with Crippen LogP contribution in [0.4, 0.5) is 0 Å². The molecule has 0 aliphatic carbocycles. The van der Waals surface area contributed by atoms with Gasteiger partial charge in [-0.3, -0.25) is 4.79 Å². The molecule has 0 saturated heterocycles. The molecule has 0 saturated carbocycles. The standard InChI is InChI=1S/C16H11BrClNO3/c17-13-4-2-1-3-12(13)15(20)19-14(16(21)22)9-10-5-7-11(18)8-6-10/h1-9H,(H,19,20)(H,21,22)/b14-9+. The molecule has 2 N–H and O–H groups in total. The lowest BCUT2D eigenvalue weighted by atomic mass is 10.1. The van der Waals surface area contributed by atoms with E-state index >= 15 is 0 Å². The Balaban J connectivity index is 2.26. The zero-order valence-corrected chi connectivity index (χ0v) is 13.6. The van der Waals surface area contributed by atoms with Crippen molar-refractivity contribution in [2.75, 3.05) is 0 Å². The summed E-state index contributed by atoms with van der Waals surface area (Å²) >= 11 is 9.04. The SMILES string of the molecule is O=C(O)/C(=C\c1ccc(Cl)cc1)NC(=O)c1ccccc1Br. The predicted molar refractivity (Wildman–Crippen MR) is 88.7 cm³/mol. The molecule has 0 heterocycles. The van der Waals surface area contributed by atoms with Crippen molar-refractivity contribution in [1.29, 1.82) is 0 Å². The quantitative estimate of drug-likeness (QED) is 0.789. The topological polar surface area (TPSA) is 66.4 Å². The summed E-state index contributed by atoms with van der Waals surface area (Å²) in [4.78, 5) is 23.5. The van der Waals surface area contributed by atoms with Gasteiger partial charge in [0, 0.05) is 9.50 Å². The summed E-state index contributed by atoms with van der Waals surface area (Å²) in [5, 5.41) is 12.2. The van der Waals surface area contributed by atoms with E-state index in [0.717, 1.165) is 0 Å². The van der Waals surface area contributed by atoms with Crippen LogP contribution in [0.25, 0.3) is 6.08 Å². The first kappa shape index (κ1) is 16.3. The van der Waals surface area contributed by atoms with Crippen LogP contribution in [0.5, 0.6) is 0 Å². The van der Waals surface area contributed by atoms with Gasteiger partial charge in [0.05, 0.1) is 5.56 Å². The Kier molecular flexibility index (Phi) is 5.35. The fourth-order valence-electron chi connectivity index (χ4n) is 1.71. The summed E-state index contributed by atoms with van der Waals surface area (Å²) in [7, 11) is 0. The number of carbonyl (C=O) groups excluding carboxylic acids is 1. The summed E-state index contributed by atoms with van der Waals surface area (Å²) in [5.74, 6) is -1.73. The molecular formula is C16H11BrClNO3. The van der Waals surface area contributed by atoms with Crippen molar-refractivity contribution < 1.29 is 14.7 Å². The first-order chi connectivity index (χ1) is 10.5. The second kappa shape index (κ2) is 7.24. The molecular weight excluding hydrogens is 370 g/mol. The second-order valence-electron chi connectivity index (χ2n) is 4.35. The van der Waals surface area contributed by atoms with E-state index in [2.05, 4.69) is 21.2 Å². The van der Waals surface area contributed by atoms with Crippen molar-refractivity contribution >= 4 is 45.5 Å². The van der Waals surface area contributed by atoms with E-state index in [-0.39, 0.29) is 5.70 Å². The first-order valence-corrected chi connectivity index (χ1v) is 7.41. The molecule has 22 heavy (non-hydrogen) atoms. The fraction of sp³-hybridized carbons (Fsp3) is 0. The van der Waals surface area contributed by atoms with Gasteiger partial charge in [-0.05, 0) is 51.8 Å². The molecule has 6 heteroatoms. The molecule has 0 aliphatic rings. The number of carboxylic acid groups (broad SMARTS) is 1. The third-order valence-electron chi connectivity index (χ3n) is 2.78. The molecule has 4 nitrogen and oxygen atoms in total. The Morgan fingerprint density at radius 1 is 1.09 bits per heavy atom. The number of carbonyl (C=O) groups is 2. The summed E-state index contributed by atoms with van der Waals surface area (Å²) in [5.41, 5.74) is 0.753. The van der Waals surface area contributed by atoms with Gasteiger partial charge >= 0.3 is 5.97 Å². The number of hydrogen-bond acceptors (Lipinski definition) is 2. The molecule has 0 fully saturated rings. The summed E-state index contributed by atoms with van der Waals surface area (Å²) in [6.07, 6.45) is 1.37. The average molecular weight is 381 g/mol. The molecule has 2 aromatic carbocycles. The number of rotatable bonds is 4. The minimum absolute atomic E-state index is 0.219. The van der Waals surface area contributed by atoms with E-state index in [9.17, 15) is 14.7 Å². The fourth-order valence-corrected chi connectivity index (χ4v) is 2.30. The van der Waals surface area contributed by atoms with E-state index in [1.807, 2.05) is 0 Å². The molecule has 2 rings (SSSR count). The molecule has 0 aliphatic heterocycles. The maximum Gasteiger partial charge on any atom is 0.352 e. The molecule has 112 valence electrons. The Hall–Kier alpha value is -2.11. The average Bonchev–Trinajstić information content (AvgIpc) is 2.49. The van der Waals surface area contributed by atoms with Crippen LogP contribution >= 0.6 is 27.5 Å². The van der Waals surface area contributed by atoms with Gasteiger partial charge < -0.3 is 10.4 Å². The van der Waals surface area contributed by atoms with Gasteiger partial charge in [0.15, 0.2) is 0 Å². The smallest absolute Gasteiger partial charge is 0.352 e. The molecule has 0 atom stereocenters. The lowest BCUT2D eigenvalue weighted by Gasteiger charge is -2.07. The first-order valence-electron chi connectivity index (χ1n) is 6.24. The highest BCUT2D eigenvalue weighted by Gasteiger charge is 2.15. The van der Waals surface area contributed by atoms with E-state index in [1.54, 1.807) is 48.5 Å². The zero-order chi connectivity index (χ0) is 16.1. The summed E-state index contributed by atoms with van der Waals surface area (Å²) in [6.45, 7) is 0. The van der Waals surface area contributed by atoms with E-state index in [4.69, 9.17) is 11.6 Å². The van der Waals surface area contributed by atoms with Crippen LogP contribution < -0.4 is 5.32 Å². The number of halogens is 2. The predicted octanol–water partition coefficient (Wildman–Crippen LogP) is 3.96. The van der Waals surface area contributed by atoms with Crippen molar-refractivity contribution in [3.05, 3.63) is 74.9 Å². The van der Waals surface area contributed by atoms with E-state index in [0.29, 0.717) is 20.6 Å². The third kappa shape index (κ3) is 4.19. The number of amides is 1. The van der Waals surface area contributed by atoms with Crippen molar-refractivity contribution in [2.45, 2.75) is 0 Å². The molecule has 0 unspecified atom stereocenters. The second-order valence-corrected chi connectivity index (χ2v) is 5.64. The maximum absolute atomic E-state index is 12.2. The highest BCUT2D eigenvalue weighted by molar-refractivity contribution is 9.10. The Morgan fingerprint density at radius 2 is 1.73 bits per heavy atom.